The van der Waals surface area contributed by atoms with Gasteiger partial charge in [0.25, 0.3) is 0 Å². The molecule has 2 aromatic rings. The molecule has 0 aliphatic carbocycles. The lowest BCUT2D eigenvalue weighted by Crippen LogP contribution is -2.42. The van der Waals surface area contributed by atoms with Gasteiger partial charge >= 0.3 is 0 Å². The summed E-state index contributed by atoms with van der Waals surface area (Å²) in [4.78, 5) is 16.7. The monoisotopic (exact) mass is 314 g/mol. The Morgan fingerprint density at radius 2 is 1.96 bits per heavy atom. The third-order valence-corrected chi connectivity index (χ3v) is 4.31. The molecule has 2 aromatic heterocycles. The van der Waals surface area contributed by atoms with E-state index < -0.39 is 0 Å². The van der Waals surface area contributed by atoms with Gasteiger partial charge in [-0.05, 0) is 33.3 Å². The van der Waals surface area contributed by atoms with Gasteiger partial charge in [-0.15, -0.1) is 0 Å². The molecular formula is C18H26N4O. The largest absolute Gasteiger partial charge is 0.475 e. The molecule has 0 fully saturated rings. The van der Waals surface area contributed by atoms with Crippen molar-refractivity contribution >= 4 is 16.7 Å². The topological polar surface area (TPSA) is 51.1 Å². The fourth-order valence-electron chi connectivity index (χ4n) is 3.14. The Morgan fingerprint density at radius 3 is 2.57 bits per heavy atom. The predicted molar refractivity (Wildman–Crippen MR) is 93.4 cm³/mol. The third kappa shape index (κ3) is 2.73. The number of anilines is 1. The molecule has 0 amide bonds. The molecule has 0 saturated heterocycles. The minimum Gasteiger partial charge on any atom is -0.475 e. The van der Waals surface area contributed by atoms with E-state index in [1.807, 2.05) is 0 Å². The molecule has 0 saturated carbocycles. The smallest absolute Gasteiger partial charge is 0.227 e. The van der Waals surface area contributed by atoms with Crippen molar-refractivity contribution in [1.29, 1.82) is 0 Å². The molecule has 0 bridgehead atoms. The Hall–Kier alpha value is -1.91. The van der Waals surface area contributed by atoms with Crippen molar-refractivity contribution in [3.63, 3.8) is 0 Å². The number of rotatable bonds is 3. The molecule has 1 aliphatic rings. The minimum absolute atomic E-state index is 0.243. The van der Waals surface area contributed by atoms with Crippen molar-refractivity contribution < 1.29 is 4.74 Å². The number of aryl methyl sites for hydroxylation is 1. The highest BCUT2D eigenvalue weighted by atomic mass is 16.5. The van der Waals surface area contributed by atoms with Gasteiger partial charge in [0.2, 0.25) is 5.88 Å². The van der Waals surface area contributed by atoms with Crippen molar-refractivity contribution in [2.24, 2.45) is 0 Å². The van der Waals surface area contributed by atoms with Crippen LogP contribution in [0.4, 0.5) is 5.82 Å². The summed E-state index contributed by atoms with van der Waals surface area (Å²) >= 11 is 0. The molecule has 0 N–H and O–H groups in total. The van der Waals surface area contributed by atoms with Gasteiger partial charge < -0.3 is 9.64 Å². The van der Waals surface area contributed by atoms with Gasteiger partial charge in [0.1, 0.15) is 23.6 Å². The Kier molecular flexibility index (Phi) is 4.13. The van der Waals surface area contributed by atoms with Crippen molar-refractivity contribution in [3.05, 3.63) is 17.6 Å². The first kappa shape index (κ1) is 16.0. The zero-order valence-corrected chi connectivity index (χ0v) is 14.9. The van der Waals surface area contributed by atoms with E-state index in [4.69, 9.17) is 14.7 Å². The van der Waals surface area contributed by atoms with Crippen LogP contribution in [0.15, 0.2) is 6.07 Å². The van der Waals surface area contributed by atoms with Gasteiger partial charge in [0, 0.05) is 17.7 Å². The molecule has 23 heavy (non-hydrogen) atoms. The molecule has 0 unspecified atom stereocenters. The summed E-state index contributed by atoms with van der Waals surface area (Å²) in [6.45, 7) is 13.5. The standard InChI is InChI=1S/C18H26N4O/c1-7-13-8-14-15-17(21-16(20-14)10(2)3)22(11(4)5)12(6)9-23-18(15)19-13/h8,10-12H,7,9H2,1-6H3/t12-/m0/s1. The van der Waals surface area contributed by atoms with Gasteiger partial charge in [-0.25, -0.2) is 15.0 Å². The van der Waals surface area contributed by atoms with Crippen LogP contribution in [0.3, 0.4) is 0 Å². The fourth-order valence-corrected chi connectivity index (χ4v) is 3.14. The molecule has 124 valence electrons. The summed E-state index contributed by atoms with van der Waals surface area (Å²) in [5, 5.41) is 0.949. The Morgan fingerprint density at radius 1 is 1.22 bits per heavy atom. The van der Waals surface area contributed by atoms with Crippen molar-refractivity contribution in [2.45, 2.75) is 66.0 Å². The summed E-state index contributed by atoms with van der Waals surface area (Å²) in [5.74, 6) is 2.81. The van der Waals surface area contributed by atoms with Crippen LogP contribution >= 0.6 is 0 Å². The lowest BCUT2D eigenvalue weighted by atomic mass is 10.1. The van der Waals surface area contributed by atoms with Gasteiger partial charge in [0.15, 0.2) is 0 Å². The van der Waals surface area contributed by atoms with Crippen LogP contribution in [0.1, 0.15) is 59.0 Å². The van der Waals surface area contributed by atoms with Crippen LogP contribution < -0.4 is 9.64 Å². The quantitative estimate of drug-likeness (QED) is 0.864. The summed E-state index contributed by atoms with van der Waals surface area (Å²) in [7, 11) is 0. The first-order chi connectivity index (χ1) is 10.9. The van der Waals surface area contributed by atoms with E-state index in [1.54, 1.807) is 0 Å². The summed E-state index contributed by atoms with van der Waals surface area (Å²) in [5.41, 5.74) is 1.96. The molecule has 1 aliphatic heterocycles. The molecule has 3 heterocycles. The van der Waals surface area contributed by atoms with Crippen LogP contribution in [0, 0.1) is 0 Å². The number of ether oxygens (including phenoxy) is 1. The molecular weight excluding hydrogens is 288 g/mol. The lowest BCUT2D eigenvalue weighted by Gasteiger charge is -2.32. The van der Waals surface area contributed by atoms with E-state index in [-0.39, 0.29) is 12.0 Å². The number of aromatic nitrogens is 3. The average Bonchev–Trinajstić information content (AvgIpc) is 2.64. The predicted octanol–water partition coefficient (Wildman–Crippen LogP) is 3.71. The van der Waals surface area contributed by atoms with Crippen LogP contribution in [0.2, 0.25) is 0 Å². The highest BCUT2D eigenvalue weighted by molar-refractivity contribution is 5.94. The van der Waals surface area contributed by atoms with Crippen LogP contribution in [0.25, 0.3) is 10.9 Å². The number of pyridine rings is 1. The number of hydrogen-bond acceptors (Lipinski definition) is 5. The number of nitrogens with zero attached hydrogens (tertiary/aromatic N) is 4. The van der Waals surface area contributed by atoms with E-state index in [0.29, 0.717) is 18.5 Å². The molecule has 5 heteroatoms. The summed E-state index contributed by atoms with van der Waals surface area (Å²) in [6, 6.07) is 2.66. The van der Waals surface area contributed by atoms with Crippen molar-refractivity contribution in [3.8, 4) is 5.88 Å². The first-order valence-corrected chi connectivity index (χ1v) is 8.55. The Bertz CT molecular complexity index is 727. The molecule has 0 aromatic carbocycles. The minimum atomic E-state index is 0.243. The fraction of sp³-hybridized carbons (Fsp3) is 0.611. The van der Waals surface area contributed by atoms with Crippen molar-refractivity contribution in [1.82, 2.24) is 15.0 Å². The van der Waals surface area contributed by atoms with E-state index in [1.165, 1.54) is 0 Å². The molecule has 1 atom stereocenters. The molecule has 0 radical (unpaired) electrons. The highest BCUT2D eigenvalue weighted by Crippen LogP contribution is 2.37. The van der Waals surface area contributed by atoms with E-state index in [9.17, 15) is 0 Å². The second kappa shape index (κ2) is 5.95. The van der Waals surface area contributed by atoms with E-state index in [2.05, 4.69) is 57.5 Å². The maximum atomic E-state index is 6.02. The van der Waals surface area contributed by atoms with E-state index >= 15 is 0 Å². The van der Waals surface area contributed by atoms with Gasteiger partial charge in [-0.2, -0.15) is 0 Å². The second-order valence-electron chi connectivity index (χ2n) is 6.89. The van der Waals surface area contributed by atoms with Crippen LogP contribution in [-0.2, 0) is 6.42 Å². The van der Waals surface area contributed by atoms with Gasteiger partial charge in [0.05, 0.1) is 11.6 Å². The third-order valence-electron chi connectivity index (χ3n) is 4.31. The van der Waals surface area contributed by atoms with Gasteiger partial charge in [-0.1, -0.05) is 20.8 Å². The summed E-state index contributed by atoms with van der Waals surface area (Å²) < 4.78 is 6.02. The van der Waals surface area contributed by atoms with Crippen molar-refractivity contribution in [2.75, 3.05) is 11.5 Å². The van der Waals surface area contributed by atoms with Crippen LogP contribution in [-0.4, -0.2) is 33.6 Å². The maximum Gasteiger partial charge on any atom is 0.227 e. The molecule has 3 rings (SSSR count). The zero-order valence-electron chi connectivity index (χ0n) is 14.9. The average molecular weight is 314 g/mol. The zero-order chi connectivity index (χ0) is 16.7. The van der Waals surface area contributed by atoms with Crippen LogP contribution in [0.5, 0.6) is 5.88 Å². The number of hydrogen-bond donors (Lipinski definition) is 0. The highest BCUT2D eigenvalue weighted by Gasteiger charge is 2.29. The van der Waals surface area contributed by atoms with E-state index in [0.717, 1.165) is 34.7 Å². The molecule has 5 nitrogen and oxygen atoms in total. The maximum absolute atomic E-state index is 6.02. The lowest BCUT2D eigenvalue weighted by molar-refractivity contribution is 0.282. The molecule has 0 spiro atoms. The normalized spacial score (nSPS) is 17.7. The summed E-state index contributed by atoms with van der Waals surface area (Å²) in [6.07, 6.45) is 0.867. The SMILES string of the molecule is CCc1cc2nc(C(C)C)nc3c2c(n1)OC[C@H](C)N3C(C)C. The Balaban J connectivity index is 2.36. The first-order valence-electron chi connectivity index (χ1n) is 8.55. The Labute approximate surface area is 138 Å². The van der Waals surface area contributed by atoms with Gasteiger partial charge in [-0.3, -0.25) is 0 Å². The second-order valence-corrected chi connectivity index (χ2v) is 6.89.